The fraction of sp³-hybridized carbons (Fsp3) is 0.696. The predicted molar refractivity (Wildman–Crippen MR) is 120 cm³/mol. The predicted octanol–water partition coefficient (Wildman–Crippen LogP) is 2.28. The van der Waals surface area contributed by atoms with E-state index in [0.717, 1.165) is 38.8 Å². The monoisotopic (exact) mass is 451 g/mol. The third kappa shape index (κ3) is 8.27. The minimum atomic E-state index is -0.700. The van der Waals surface area contributed by atoms with Crippen molar-refractivity contribution in [3.05, 3.63) is 23.4 Å². The van der Waals surface area contributed by atoms with E-state index in [1.54, 1.807) is 24.0 Å². The molecule has 9 nitrogen and oxygen atoms in total. The van der Waals surface area contributed by atoms with Crippen molar-refractivity contribution in [2.75, 3.05) is 32.9 Å². The van der Waals surface area contributed by atoms with Gasteiger partial charge in [-0.25, -0.2) is 9.78 Å². The number of ether oxygens (including phenoxy) is 2. The molecule has 1 aliphatic rings. The number of aliphatic hydroxyl groups excluding tert-OH is 2. The van der Waals surface area contributed by atoms with Gasteiger partial charge in [-0.3, -0.25) is 4.79 Å². The first kappa shape index (κ1) is 25.9. The number of piperidine rings is 1. The second kappa shape index (κ2) is 12.0. The molecule has 1 fully saturated rings. The molecule has 1 aromatic rings. The summed E-state index contributed by atoms with van der Waals surface area (Å²) in [5.41, 5.74) is 0.422. The molecule has 1 aliphatic heterocycles. The molecular weight excluding hydrogens is 414 g/mol. The number of pyridine rings is 1. The second-order valence-electron chi connectivity index (χ2n) is 9.22. The maximum absolute atomic E-state index is 12.2. The Kier molecular flexibility index (Phi) is 9.71. The van der Waals surface area contributed by atoms with Gasteiger partial charge in [0, 0.05) is 19.2 Å². The molecule has 0 aromatic carbocycles. The number of aliphatic hydroxyl groups is 2. The van der Waals surface area contributed by atoms with E-state index in [4.69, 9.17) is 19.7 Å². The first-order valence-electron chi connectivity index (χ1n) is 11.2. The molecule has 0 spiro atoms. The van der Waals surface area contributed by atoms with Crippen molar-refractivity contribution >= 4 is 12.0 Å². The summed E-state index contributed by atoms with van der Waals surface area (Å²) in [5, 5.41) is 20.7. The number of amides is 2. The lowest BCUT2D eigenvalue weighted by Crippen LogP contribution is -2.41. The van der Waals surface area contributed by atoms with E-state index in [0.29, 0.717) is 29.7 Å². The van der Waals surface area contributed by atoms with Crippen LogP contribution >= 0.6 is 0 Å². The van der Waals surface area contributed by atoms with Crippen LogP contribution in [0, 0.1) is 12.8 Å². The van der Waals surface area contributed by atoms with Crippen LogP contribution in [-0.2, 0) is 4.74 Å². The zero-order valence-corrected chi connectivity index (χ0v) is 19.6. The maximum atomic E-state index is 12.2. The molecule has 180 valence electrons. The Bertz CT molecular complexity index is 753. The van der Waals surface area contributed by atoms with Gasteiger partial charge in [-0.1, -0.05) is 0 Å². The summed E-state index contributed by atoms with van der Waals surface area (Å²) in [7, 11) is 0. The molecule has 0 unspecified atom stereocenters. The molecule has 0 atom stereocenters. The molecule has 0 bridgehead atoms. The van der Waals surface area contributed by atoms with Crippen molar-refractivity contribution in [3.8, 4) is 5.88 Å². The number of nitrogens with one attached hydrogen (secondary N) is 1. The molecule has 2 amide bonds. The van der Waals surface area contributed by atoms with Crippen molar-refractivity contribution < 1.29 is 29.3 Å². The highest BCUT2D eigenvalue weighted by Gasteiger charge is 2.26. The Labute approximate surface area is 190 Å². The van der Waals surface area contributed by atoms with Crippen molar-refractivity contribution in [2.45, 2.75) is 65.0 Å². The standard InChI is InChI=1S/C23H37N3O6/c1-16-19(21(29)25-18(14-27)15-28)7-8-20(24-16)31-13-5-6-17-9-11-26(12-10-17)22(30)32-23(2,3)4/h7-8,17-18,27-28H,5-6,9-15H2,1-4H3,(H,25,29). The zero-order chi connectivity index (χ0) is 23.7. The van der Waals surface area contributed by atoms with Crippen LogP contribution in [-0.4, -0.2) is 76.7 Å². The molecule has 1 aromatic heterocycles. The highest BCUT2D eigenvalue weighted by molar-refractivity contribution is 5.95. The summed E-state index contributed by atoms with van der Waals surface area (Å²) in [6, 6.07) is 2.58. The van der Waals surface area contributed by atoms with E-state index >= 15 is 0 Å². The van der Waals surface area contributed by atoms with Gasteiger partial charge in [-0.05, 0) is 65.4 Å². The van der Waals surface area contributed by atoms with Crippen molar-refractivity contribution in [1.29, 1.82) is 0 Å². The normalized spacial score (nSPS) is 15.0. The number of aromatic nitrogens is 1. The van der Waals surface area contributed by atoms with Crippen LogP contribution < -0.4 is 10.1 Å². The minimum absolute atomic E-state index is 0.235. The van der Waals surface area contributed by atoms with Crippen molar-refractivity contribution in [1.82, 2.24) is 15.2 Å². The molecule has 0 saturated carbocycles. The molecule has 9 heteroatoms. The Morgan fingerprint density at radius 1 is 1.22 bits per heavy atom. The zero-order valence-electron chi connectivity index (χ0n) is 19.6. The Morgan fingerprint density at radius 2 is 1.88 bits per heavy atom. The van der Waals surface area contributed by atoms with E-state index in [9.17, 15) is 9.59 Å². The highest BCUT2D eigenvalue weighted by Crippen LogP contribution is 2.23. The van der Waals surface area contributed by atoms with Gasteiger partial charge in [0.25, 0.3) is 5.91 Å². The van der Waals surface area contributed by atoms with Gasteiger partial charge >= 0.3 is 6.09 Å². The fourth-order valence-corrected chi connectivity index (χ4v) is 3.55. The van der Waals surface area contributed by atoms with Gasteiger partial charge < -0.3 is 29.9 Å². The Balaban J connectivity index is 1.71. The van der Waals surface area contributed by atoms with Gasteiger partial charge in [0.2, 0.25) is 5.88 Å². The smallest absolute Gasteiger partial charge is 0.410 e. The second-order valence-corrected chi connectivity index (χ2v) is 9.22. The molecule has 0 aliphatic carbocycles. The number of nitrogens with zero attached hydrogens (tertiary/aromatic N) is 2. The molecular formula is C23H37N3O6. The lowest BCUT2D eigenvalue weighted by Gasteiger charge is -2.33. The van der Waals surface area contributed by atoms with Crippen LogP contribution in [0.3, 0.4) is 0 Å². The summed E-state index contributed by atoms with van der Waals surface area (Å²) >= 11 is 0. The van der Waals surface area contributed by atoms with Crippen LogP contribution in [0.25, 0.3) is 0 Å². The third-order valence-electron chi connectivity index (χ3n) is 5.35. The fourth-order valence-electron chi connectivity index (χ4n) is 3.55. The van der Waals surface area contributed by atoms with Crippen molar-refractivity contribution in [2.24, 2.45) is 5.92 Å². The van der Waals surface area contributed by atoms with Gasteiger partial charge in [-0.15, -0.1) is 0 Å². The average Bonchev–Trinajstić information content (AvgIpc) is 2.74. The van der Waals surface area contributed by atoms with E-state index in [1.807, 2.05) is 20.8 Å². The lowest BCUT2D eigenvalue weighted by atomic mass is 9.92. The quantitative estimate of drug-likeness (QED) is 0.493. The van der Waals surface area contributed by atoms with Crippen LogP contribution in [0.2, 0.25) is 0 Å². The van der Waals surface area contributed by atoms with Gasteiger partial charge in [-0.2, -0.15) is 0 Å². The molecule has 2 heterocycles. The summed E-state index contributed by atoms with van der Waals surface area (Å²) in [4.78, 5) is 30.5. The Hall–Kier alpha value is -2.39. The van der Waals surface area contributed by atoms with E-state index in [1.165, 1.54) is 0 Å². The summed E-state index contributed by atoms with van der Waals surface area (Å²) < 4.78 is 11.2. The Morgan fingerprint density at radius 3 is 2.44 bits per heavy atom. The van der Waals surface area contributed by atoms with E-state index < -0.39 is 17.6 Å². The maximum Gasteiger partial charge on any atom is 0.410 e. The lowest BCUT2D eigenvalue weighted by molar-refractivity contribution is 0.0179. The number of hydrogen-bond donors (Lipinski definition) is 3. The molecule has 1 saturated heterocycles. The van der Waals surface area contributed by atoms with E-state index in [-0.39, 0.29) is 19.3 Å². The summed E-state index contributed by atoms with van der Waals surface area (Å²) in [6.45, 7) is 8.64. The molecule has 3 N–H and O–H groups in total. The molecule has 32 heavy (non-hydrogen) atoms. The minimum Gasteiger partial charge on any atom is -0.478 e. The number of carbonyl (C=O) groups is 2. The van der Waals surface area contributed by atoms with Crippen LogP contribution in [0.5, 0.6) is 5.88 Å². The van der Waals surface area contributed by atoms with Gasteiger partial charge in [0.15, 0.2) is 0 Å². The average molecular weight is 452 g/mol. The van der Waals surface area contributed by atoms with Gasteiger partial charge in [0.1, 0.15) is 5.60 Å². The van der Waals surface area contributed by atoms with Crippen molar-refractivity contribution in [3.63, 3.8) is 0 Å². The van der Waals surface area contributed by atoms with E-state index in [2.05, 4.69) is 10.3 Å². The first-order chi connectivity index (χ1) is 15.1. The van der Waals surface area contributed by atoms with Crippen LogP contribution in [0.4, 0.5) is 4.79 Å². The number of rotatable bonds is 9. The van der Waals surface area contributed by atoms with Gasteiger partial charge in [0.05, 0.1) is 37.1 Å². The number of aryl methyl sites for hydroxylation is 1. The topological polar surface area (TPSA) is 121 Å². The van der Waals surface area contributed by atoms with Crippen LogP contribution in [0.1, 0.15) is 62.5 Å². The summed E-state index contributed by atoms with van der Waals surface area (Å²) in [6.07, 6.45) is 3.59. The number of carbonyl (C=O) groups excluding carboxylic acids is 2. The number of likely N-dealkylation sites (tertiary alicyclic amines) is 1. The third-order valence-corrected chi connectivity index (χ3v) is 5.35. The largest absolute Gasteiger partial charge is 0.478 e. The SMILES string of the molecule is Cc1nc(OCCCC2CCN(C(=O)OC(C)(C)C)CC2)ccc1C(=O)NC(CO)CO. The number of hydrogen-bond acceptors (Lipinski definition) is 7. The first-order valence-corrected chi connectivity index (χ1v) is 11.2. The molecule has 2 rings (SSSR count). The highest BCUT2D eigenvalue weighted by atomic mass is 16.6. The molecule has 0 radical (unpaired) electrons. The van der Waals surface area contributed by atoms with Crippen LogP contribution in [0.15, 0.2) is 12.1 Å². The summed E-state index contributed by atoms with van der Waals surface area (Å²) in [5.74, 6) is 0.621.